The molecular formula is C34H36N6O3S. The number of nitrogens with zero attached hydrogens (tertiary/aromatic N) is 4. The molecule has 226 valence electrons. The zero-order chi connectivity index (χ0) is 30.7. The minimum atomic E-state index is -0.330. The molecule has 1 saturated carbocycles. The van der Waals surface area contributed by atoms with Gasteiger partial charge >= 0.3 is 0 Å². The summed E-state index contributed by atoms with van der Waals surface area (Å²) in [5.41, 5.74) is 5.75. The van der Waals surface area contributed by atoms with Crippen LogP contribution in [-0.2, 0) is 11.8 Å². The minimum Gasteiger partial charge on any atom is -0.343 e. The van der Waals surface area contributed by atoms with Crippen LogP contribution in [0.25, 0.3) is 11.3 Å². The highest BCUT2D eigenvalue weighted by Gasteiger charge is 2.39. The van der Waals surface area contributed by atoms with Crippen LogP contribution in [0, 0.1) is 6.92 Å². The molecule has 3 atom stereocenters. The summed E-state index contributed by atoms with van der Waals surface area (Å²) in [6.45, 7) is 3.47. The Kier molecular flexibility index (Phi) is 7.13. The third-order valence-electron chi connectivity index (χ3n) is 9.52. The van der Waals surface area contributed by atoms with Crippen LogP contribution in [0.15, 0.2) is 59.5 Å². The quantitative estimate of drug-likeness (QED) is 0.295. The molecule has 10 heteroatoms. The SMILES string of the molecule is Cc1c(NC(=O)c2cc3c(s2)[C@H]2CC[C@H]3C2)cccc1-c1cn(C)c(=O)c(Nc2ccc([C@H]3C(=O)N(C)CCN3C)cc2)n1. The molecule has 4 aromatic rings. The number of nitrogens with one attached hydrogen (secondary N) is 2. The average Bonchev–Trinajstić information content (AvgIpc) is 3.74. The molecule has 2 aliphatic carbocycles. The molecule has 2 fully saturated rings. The summed E-state index contributed by atoms with van der Waals surface area (Å²) in [7, 11) is 5.49. The molecule has 3 heterocycles. The summed E-state index contributed by atoms with van der Waals surface area (Å²) in [5.74, 6) is 1.44. The molecule has 44 heavy (non-hydrogen) atoms. The smallest absolute Gasteiger partial charge is 0.293 e. The van der Waals surface area contributed by atoms with E-state index in [4.69, 9.17) is 4.98 Å². The zero-order valence-corrected chi connectivity index (χ0v) is 26.2. The van der Waals surface area contributed by atoms with E-state index in [1.807, 2.05) is 63.5 Å². The summed E-state index contributed by atoms with van der Waals surface area (Å²) in [5, 5.41) is 6.31. The van der Waals surface area contributed by atoms with E-state index in [0.717, 1.165) is 33.8 Å². The van der Waals surface area contributed by atoms with Gasteiger partial charge in [-0.25, -0.2) is 4.98 Å². The lowest BCUT2D eigenvalue weighted by molar-refractivity contribution is -0.139. The topological polar surface area (TPSA) is 99.6 Å². The number of fused-ring (bicyclic) bond motifs is 5. The highest BCUT2D eigenvalue weighted by molar-refractivity contribution is 7.14. The number of benzene rings is 2. The molecule has 7 rings (SSSR count). The normalized spacial score (nSPS) is 21.0. The fourth-order valence-corrected chi connectivity index (χ4v) is 8.24. The van der Waals surface area contributed by atoms with Crippen LogP contribution in [0.3, 0.4) is 0 Å². The molecule has 1 saturated heterocycles. The van der Waals surface area contributed by atoms with Gasteiger partial charge < -0.3 is 20.1 Å². The van der Waals surface area contributed by atoms with E-state index in [0.29, 0.717) is 29.8 Å². The lowest BCUT2D eigenvalue weighted by Crippen LogP contribution is -2.48. The average molecular weight is 609 g/mol. The predicted molar refractivity (Wildman–Crippen MR) is 174 cm³/mol. The maximum Gasteiger partial charge on any atom is 0.293 e. The van der Waals surface area contributed by atoms with Gasteiger partial charge in [-0.15, -0.1) is 11.3 Å². The van der Waals surface area contributed by atoms with E-state index in [2.05, 4.69) is 21.6 Å². The Hall–Kier alpha value is -4.28. The van der Waals surface area contributed by atoms with E-state index in [9.17, 15) is 14.4 Å². The Morgan fingerprint density at radius 3 is 2.55 bits per heavy atom. The number of hydrogen-bond acceptors (Lipinski definition) is 7. The molecule has 0 unspecified atom stereocenters. The Morgan fingerprint density at radius 2 is 1.77 bits per heavy atom. The van der Waals surface area contributed by atoms with Crippen LogP contribution in [0.1, 0.15) is 68.4 Å². The molecule has 2 aromatic heterocycles. The minimum absolute atomic E-state index is 0.0717. The first-order chi connectivity index (χ1) is 21.2. The second kappa shape index (κ2) is 11.0. The number of thiophene rings is 1. The van der Waals surface area contributed by atoms with E-state index < -0.39 is 0 Å². The summed E-state index contributed by atoms with van der Waals surface area (Å²) >= 11 is 1.64. The maximum atomic E-state index is 13.3. The molecule has 0 radical (unpaired) electrons. The van der Waals surface area contributed by atoms with Gasteiger partial charge in [0.15, 0.2) is 5.82 Å². The summed E-state index contributed by atoms with van der Waals surface area (Å²) in [4.78, 5) is 49.9. The fraction of sp³-hybridized carbons (Fsp3) is 0.353. The first-order valence-electron chi connectivity index (χ1n) is 15.1. The van der Waals surface area contributed by atoms with Crippen molar-refractivity contribution in [2.24, 2.45) is 7.05 Å². The van der Waals surface area contributed by atoms with E-state index in [1.54, 1.807) is 29.5 Å². The van der Waals surface area contributed by atoms with Crippen molar-refractivity contribution in [3.8, 4) is 11.3 Å². The third-order valence-corrected chi connectivity index (χ3v) is 10.8. The largest absolute Gasteiger partial charge is 0.343 e. The van der Waals surface area contributed by atoms with Crippen molar-refractivity contribution in [3.05, 3.63) is 91.5 Å². The van der Waals surface area contributed by atoms with Gasteiger partial charge in [-0.2, -0.15) is 0 Å². The van der Waals surface area contributed by atoms with E-state index in [1.165, 1.54) is 34.3 Å². The van der Waals surface area contributed by atoms with Gasteiger partial charge in [0.1, 0.15) is 6.04 Å². The lowest BCUT2D eigenvalue weighted by Gasteiger charge is -2.37. The third kappa shape index (κ3) is 4.92. The molecule has 0 spiro atoms. The van der Waals surface area contributed by atoms with Crippen molar-refractivity contribution in [2.45, 2.75) is 44.1 Å². The molecule has 2 bridgehead atoms. The summed E-state index contributed by atoms with van der Waals surface area (Å²) in [6.07, 6.45) is 5.44. The van der Waals surface area contributed by atoms with Gasteiger partial charge in [0, 0.05) is 55.2 Å². The number of rotatable bonds is 6. The summed E-state index contributed by atoms with van der Waals surface area (Å²) in [6, 6.07) is 15.1. The van der Waals surface area contributed by atoms with Crippen LogP contribution in [0.5, 0.6) is 0 Å². The van der Waals surface area contributed by atoms with Gasteiger partial charge in [0.05, 0.1) is 10.6 Å². The van der Waals surface area contributed by atoms with Gasteiger partial charge in [-0.3, -0.25) is 19.3 Å². The number of aryl methyl sites for hydroxylation is 1. The highest BCUT2D eigenvalue weighted by atomic mass is 32.1. The number of aromatic nitrogens is 2. The molecule has 3 aliphatic rings. The molecule has 1 aliphatic heterocycles. The number of amides is 2. The van der Waals surface area contributed by atoms with Crippen molar-refractivity contribution in [1.82, 2.24) is 19.4 Å². The Morgan fingerprint density at radius 1 is 1.00 bits per heavy atom. The van der Waals surface area contributed by atoms with Gasteiger partial charge in [0.2, 0.25) is 5.91 Å². The molecular weight excluding hydrogens is 572 g/mol. The van der Waals surface area contributed by atoms with Crippen molar-refractivity contribution < 1.29 is 9.59 Å². The number of carbonyl (C=O) groups excluding carboxylic acids is 2. The van der Waals surface area contributed by atoms with E-state index in [-0.39, 0.29) is 29.2 Å². The van der Waals surface area contributed by atoms with Crippen molar-refractivity contribution in [1.29, 1.82) is 0 Å². The summed E-state index contributed by atoms with van der Waals surface area (Å²) < 4.78 is 1.51. The molecule has 2 N–H and O–H groups in total. The zero-order valence-electron chi connectivity index (χ0n) is 25.4. The Labute approximate surface area is 260 Å². The first kappa shape index (κ1) is 28.5. The fourth-order valence-electron chi connectivity index (χ4n) is 6.95. The predicted octanol–water partition coefficient (Wildman–Crippen LogP) is 5.62. The second-order valence-corrected chi connectivity index (χ2v) is 13.4. The number of hydrogen-bond donors (Lipinski definition) is 2. The van der Waals surface area contributed by atoms with Crippen LogP contribution in [-0.4, -0.2) is 58.4 Å². The van der Waals surface area contributed by atoms with Crippen molar-refractivity contribution >= 4 is 40.3 Å². The number of anilines is 3. The number of piperazine rings is 1. The van der Waals surface area contributed by atoms with Crippen molar-refractivity contribution in [3.63, 3.8) is 0 Å². The monoisotopic (exact) mass is 608 g/mol. The van der Waals surface area contributed by atoms with Crippen molar-refractivity contribution in [2.75, 3.05) is 37.8 Å². The maximum absolute atomic E-state index is 13.3. The number of carbonyl (C=O) groups is 2. The standard InChI is InChI=1S/C34H36N6O3S/c1-19-24(6-5-7-26(19)37-32(41)28-17-25-21-8-9-22(16-21)30(25)44-28)27-18-40(4)34(43)31(36-27)35-23-12-10-20(11-13-23)29-33(42)39(3)15-14-38(29)2/h5-7,10-13,17-18,21-22,29H,8-9,14-16H2,1-4H3,(H,35,36)(H,37,41)/t21-,22-,29-/m0/s1. The molecule has 2 amide bonds. The Bertz CT molecular complexity index is 1820. The molecule has 2 aromatic carbocycles. The van der Waals surface area contributed by atoms with Crippen LogP contribution < -0.4 is 16.2 Å². The lowest BCUT2D eigenvalue weighted by atomic mass is 9.99. The first-order valence-corrected chi connectivity index (χ1v) is 15.9. The van der Waals surface area contributed by atoms with Crippen LogP contribution >= 0.6 is 11.3 Å². The van der Waals surface area contributed by atoms with Gasteiger partial charge in [-0.05, 0) is 86.0 Å². The van der Waals surface area contributed by atoms with Crippen LogP contribution in [0.2, 0.25) is 0 Å². The van der Waals surface area contributed by atoms with Crippen LogP contribution in [0.4, 0.5) is 17.2 Å². The van der Waals surface area contributed by atoms with E-state index >= 15 is 0 Å². The Balaban J connectivity index is 1.12. The highest BCUT2D eigenvalue weighted by Crippen LogP contribution is 2.56. The van der Waals surface area contributed by atoms with Gasteiger partial charge in [-0.1, -0.05) is 24.3 Å². The molecule has 9 nitrogen and oxygen atoms in total. The number of likely N-dealkylation sites (N-methyl/N-ethyl adjacent to an activating group) is 2. The second-order valence-electron chi connectivity index (χ2n) is 12.4. The van der Waals surface area contributed by atoms with Gasteiger partial charge in [0.25, 0.3) is 11.5 Å².